The summed E-state index contributed by atoms with van der Waals surface area (Å²) in [6.07, 6.45) is 0.140. The molecule has 2 aromatic rings. The molecule has 1 aromatic heterocycles. The van der Waals surface area contributed by atoms with Crippen LogP contribution in [-0.4, -0.2) is 22.0 Å². The van der Waals surface area contributed by atoms with Gasteiger partial charge in [-0.15, -0.1) is 0 Å². The van der Waals surface area contributed by atoms with Crippen LogP contribution in [0.5, 0.6) is 0 Å². The number of pyridine rings is 1. The van der Waals surface area contributed by atoms with Gasteiger partial charge in [0, 0.05) is 5.69 Å². The smallest absolute Gasteiger partial charge is 0.334 e. The van der Waals surface area contributed by atoms with Crippen LogP contribution < -0.4 is 10.9 Å². The quantitative estimate of drug-likeness (QED) is 0.783. The first-order valence-electron chi connectivity index (χ1n) is 7.63. The summed E-state index contributed by atoms with van der Waals surface area (Å²) in [4.78, 5) is 39.2. The Balaban J connectivity index is 2.48. The van der Waals surface area contributed by atoms with Gasteiger partial charge in [0.15, 0.2) is 5.54 Å². The van der Waals surface area contributed by atoms with Crippen LogP contribution in [0.4, 0.5) is 0 Å². The molecule has 0 spiro atoms. The third kappa shape index (κ3) is 3.08. The SMILES string of the molecule is CCC(NC(=O)c1cc(C)c(C)[nH]c1=O)(C(=O)O)c1ccccc1. The fourth-order valence-electron chi connectivity index (χ4n) is 2.57. The van der Waals surface area contributed by atoms with Crippen LogP contribution in [0.3, 0.4) is 0 Å². The molecule has 1 aromatic carbocycles. The number of aromatic nitrogens is 1. The largest absolute Gasteiger partial charge is 0.479 e. The molecule has 0 fully saturated rings. The Kier molecular flexibility index (Phi) is 4.87. The molecule has 1 atom stereocenters. The van der Waals surface area contributed by atoms with Gasteiger partial charge >= 0.3 is 5.97 Å². The van der Waals surface area contributed by atoms with Gasteiger partial charge < -0.3 is 15.4 Å². The molecule has 126 valence electrons. The second kappa shape index (κ2) is 6.70. The lowest BCUT2D eigenvalue weighted by Gasteiger charge is -2.30. The molecule has 6 nitrogen and oxygen atoms in total. The normalized spacial score (nSPS) is 13.1. The Hall–Kier alpha value is -2.89. The third-order valence-corrected chi connectivity index (χ3v) is 4.23. The highest BCUT2D eigenvalue weighted by Gasteiger charge is 2.40. The minimum atomic E-state index is -1.59. The molecule has 1 amide bonds. The van der Waals surface area contributed by atoms with Crippen molar-refractivity contribution in [2.45, 2.75) is 32.7 Å². The maximum atomic E-state index is 12.6. The van der Waals surface area contributed by atoms with Crippen molar-refractivity contribution in [3.63, 3.8) is 0 Å². The van der Waals surface area contributed by atoms with Crippen LogP contribution in [0.2, 0.25) is 0 Å². The summed E-state index contributed by atoms with van der Waals surface area (Å²) in [7, 11) is 0. The molecule has 0 aliphatic rings. The first kappa shape index (κ1) is 17.5. The molecule has 1 unspecified atom stereocenters. The summed E-state index contributed by atoms with van der Waals surface area (Å²) >= 11 is 0. The predicted molar refractivity (Wildman–Crippen MR) is 90.0 cm³/mol. The first-order valence-corrected chi connectivity index (χ1v) is 7.63. The number of H-pyrrole nitrogens is 1. The van der Waals surface area contributed by atoms with Gasteiger partial charge in [0.25, 0.3) is 11.5 Å². The third-order valence-electron chi connectivity index (χ3n) is 4.23. The number of nitrogens with one attached hydrogen (secondary N) is 2. The Morgan fingerprint density at radius 1 is 1.21 bits per heavy atom. The monoisotopic (exact) mass is 328 g/mol. The zero-order valence-corrected chi connectivity index (χ0v) is 13.8. The lowest BCUT2D eigenvalue weighted by molar-refractivity contribution is -0.145. The molecule has 6 heteroatoms. The number of aryl methyl sites for hydroxylation is 2. The first-order chi connectivity index (χ1) is 11.3. The standard InChI is InChI=1S/C18H20N2O4/c1-4-18(17(23)24,13-8-6-5-7-9-13)20-16(22)14-10-11(2)12(3)19-15(14)21/h5-10H,4H2,1-3H3,(H,19,21)(H,20,22)(H,23,24). The van der Waals surface area contributed by atoms with E-state index in [1.54, 1.807) is 51.1 Å². The van der Waals surface area contributed by atoms with Crippen molar-refractivity contribution in [1.29, 1.82) is 0 Å². The number of carbonyl (C=O) groups is 2. The Morgan fingerprint density at radius 2 is 1.83 bits per heavy atom. The summed E-state index contributed by atoms with van der Waals surface area (Å²) in [5.74, 6) is -1.89. The van der Waals surface area contributed by atoms with Gasteiger partial charge in [-0.05, 0) is 37.5 Å². The minimum absolute atomic E-state index is 0.104. The highest BCUT2D eigenvalue weighted by Crippen LogP contribution is 2.26. The number of aliphatic carboxylic acids is 1. The van der Waals surface area contributed by atoms with Crippen molar-refractivity contribution in [3.8, 4) is 0 Å². The van der Waals surface area contributed by atoms with Crippen molar-refractivity contribution in [2.24, 2.45) is 0 Å². The number of hydrogen-bond acceptors (Lipinski definition) is 3. The number of carboxylic acids is 1. The average molecular weight is 328 g/mol. The van der Waals surface area contributed by atoms with Crippen molar-refractivity contribution < 1.29 is 14.7 Å². The van der Waals surface area contributed by atoms with Crippen LogP contribution in [0.15, 0.2) is 41.2 Å². The van der Waals surface area contributed by atoms with E-state index in [0.717, 1.165) is 5.56 Å². The Morgan fingerprint density at radius 3 is 2.38 bits per heavy atom. The number of rotatable bonds is 5. The van der Waals surface area contributed by atoms with Gasteiger partial charge in [-0.2, -0.15) is 0 Å². The molecular formula is C18H20N2O4. The van der Waals surface area contributed by atoms with E-state index < -0.39 is 23.0 Å². The number of amides is 1. The fourth-order valence-corrected chi connectivity index (χ4v) is 2.57. The molecule has 0 bridgehead atoms. The number of benzene rings is 1. The lowest BCUT2D eigenvalue weighted by atomic mass is 9.87. The summed E-state index contributed by atoms with van der Waals surface area (Å²) in [6.45, 7) is 5.17. The van der Waals surface area contributed by atoms with Crippen LogP contribution >= 0.6 is 0 Å². The maximum Gasteiger partial charge on any atom is 0.334 e. The van der Waals surface area contributed by atoms with Crippen LogP contribution in [0.1, 0.15) is 40.5 Å². The topological polar surface area (TPSA) is 99.3 Å². The molecule has 0 saturated heterocycles. The number of aromatic amines is 1. The van der Waals surface area contributed by atoms with E-state index in [0.29, 0.717) is 11.3 Å². The Bertz CT molecular complexity index is 827. The number of carbonyl (C=O) groups excluding carboxylic acids is 1. The van der Waals surface area contributed by atoms with Gasteiger partial charge in [0.1, 0.15) is 5.56 Å². The van der Waals surface area contributed by atoms with E-state index in [2.05, 4.69) is 10.3 Å². The molecule has 24 heavy (non-hydrogen) atoms. The van der Waals surface area contributed by atoms with Gasteiger partial charge in [0.2, 0.25) is 0 Å². The molecule has 0 aliphatic heterocycles. The van der Waals surface area contributed by atoms with Crippen molar-refractivity contribution in [1.82, 2.24) is 10.3 Å². The van der Waals surface area contributed by atoms with E-state index in [4.69, 9.17) is 0 Å². The highest BCUT2D eigenvalue weighted by atomic mass is 16.4. The lowest BCUT2D eigenvalue weighted by Crippen LogP contribution is -2.52. The Labute approximate surface area is 139 Å². The molecule has 1 heterocycles. The molecule has 2 rings (SSSR count). The molecular weight excluding hydrogens is 308 g/mol. The van der Waals surface area contributed by atoms with Crippen LogP contribution in [-0.2, 0) is 10.3 Å². The van der Waals surface area contributed by atoms with Crippen molar-refractivity contribution in [2.75, 3.05) is 0 Å². The average Bonchev–Trinajstić information content (AvgIpc) is 2.56. The number of carboxylic acid groups (broad SMARTS) is 1. The van der Waals surface area contributed by atoms with Crippen LogP contribution in [0.25, 0.3) is 0 Å². The van der Waals surface area contributed by atoms with Gasteiger partial charge in [-0.1, -0.05) is 37.3 Å². The molecule has 0 radical (unpaired) electrons. The van der Waals surface area contributed by atoms with E-state index >= 15 is 0 Å². The van der Waals surface area contributed by atoms with Gasteiger partial charge in [-0.25, -0.2) is 4.79 Å². The second-order valence-electron chi connectivity index (χ2n) is 5.70. The molecule has 3 N–H and O–H groups in total. The zero-order valence-electron chi connectivity index (χ0n) is 13.8. The number of hydrogen-bond donors (Lipinski definition) is 3. The van der Waals surface area contributed by atoms with Gasteiger partial charge in [-0.3, -0.25) is 9.59 Å². The summed E-state index contributed by atoms with van der Waals surface area (Å²) < 4.78 is 0. The van der Waals surface area contributed by atoms with E-state index in [1.807, 2.05) is 0 Å². The van der Waals surface area contributed by atoms with E-state index in [1.165, 1.54) is 6.07 Å². The van der Waals surface area contributed by atoms with E-state index in [9.17, 15) is 19.5 Å². The maximum absolute atomic E-state index is 12.6. The molecule has 0 saturated carbocycles. The van der Waals surface area contributed by atoms with Crippen molar-refractivity contribution in [3.05, 3.63) is 69.1 Å². The van der Waals surface area contributed by atoms with E-state index in [-0.39, 0.29) is 12.0 Å². The van der Waals surface area contributed by atoms with Crippen molar-refractivity contribution >= 4 is 11.9 Å². The fraction of sp³-hybridized carbons (Fsp3) is 0.278. The second-order valence-corrected chi connectivity index (χ2v) is 5.70. The highest BCUT2D eigenvalue weighted by molar-refractivity contribution is 5.98. The summed E-state index contributed by atoms with van der Waals surface area (Å²) in [5.41, 5.74) is -0.374. The van der Waals surface area contributed by atoms with Gasteiger partial charge in [0.05, 0.1) is 0 Å². The molecule has 0 aliphatic carbocycles. The predicted octanol–water partition coefficient (Wildman–Crippen LogP) is 2.11. The summed E-state index contributed by atoms with van der Waals surface area (Å²) in [5, 5.41) is 12.3. The zero-order chi connectivity index (χ0) is 17.9. The minimum Gasteiger partial charge on any atom is -0.479 e. The summed E-state index contributed by atoms with van der Waals surface area (Å²) in [6, 6.07) is 9.93. The van der Waals surface area contributed by atoms with Crippen LogP contribution in [0, 0.1) is 13.8 Å².